The molecule has 0 amide bonds. The van der Waals surface area contributed by atoms with Crippen LogP contribution in [0.3, 0.4) is 0 Å². The Morgan fingerprint density at radius 2 is 2.00 bits per heavy atom. The summed E-state index contributed by atoms with van der Waals surface area (Å²) in [6, 6.07) is 16.3. The first kappa shape index (κ1) is 16.0. The van der Waals surface area contributed by atoms with Gasteiger partial charge >= 0.3 is 0 Å². The second kappa shape index (κ2) is 7.19. The van der Waals surface area contributed by atoms with Crippen molar-refractivity contribution in [2.75, 3.05) is 0 Å². The topological polar surface area (TPSA) is 29.9 Å². The van der Waals surface area contributed by atoms with Gasteiger partial charge in [0.1, 0.15) is 5.82 Å². The highest BCUT2D eigenvalue weighted by molar-refractivity contribution is 5.36. The fourth-order valence-corrected chi connectivity index (χ4v) is 3.49. The van der Waals surface area contributed by atoms with Crippen LogP contribution in [0.1, 0.15) is 36.4 Å². The van der Waals surface area contributed by atoms with Gasteiger partial charge in [-0.2, -0.15) is 0 Å². The van der Waals surface area contributed by atoms with Crippen LogP contribution in [0.4, 0.5) is 4.39 Å². The minimum atomic E-state index is -0.225. The summed E-state index contributed by atoms with van der Waals surface area (Å²) in [5.74, 6) is 0.453. The third-order valence-electron chi connectivity index (χ3n) is 5.10. The largest absolute Gasteiger partial charge is 0.306 e. The predicted octanol–water partition coefficient (Wildman–Crippen LogP) is 4.64. The van der Waals surface area contributed by atoms with Crippen LogP contribution in [0.15, 0.2) is 67.3 Å². The molecule has 1 atom stereocenters. The lowest BCUT2D eigenvalue weighted by Gasteiger charge is -2.35. The van der Waals surface area contributed by atoms with Crippen molar-refractivity contribution in [2.24, 2.45) is 5.92 Å². The van der Waals surface area contributed by atoms with Gasteiger partial charge < -0.3 is 9.88 Å². The molecule has 25 heavy (non-hydrogen) atoms. The van der Waals surface area contributed by atoms with Crippen LogP contribution in [-0.4, -0.2) is 9.55 Å². The predicted molar refractivity (Wildman–Crippen MR) is 96.9 cm³/mol. The average Bonchev–Trinajstić information content (AvgIpc) is 3.12. The standard InChI is InChI=1S/C21H22FN3/c22-19-13-16(9-10-20(19)25-12-11-23-15-25)14-24-21(18-7-4-8-18)17-5-2-1-3-6-17/h1-3,5-6,9-13,15,18,21,24H,4,7-8,14H2. The summed E-state index contributed by atoms with van der Waals surface area (Å²) < 4.78 is 16.1. The summed E-state index contributed by atoms with van der Waals surface area (Å²) >= 11 is 0. The highest BCUT2D eigenvalue weighted by Crippen LogP contribution is 2.37. The molecular weight excluding hydrogens is 313 g/mol. The van der Waals surface area contributed by atoms with E-state index in [-0.39, 0.29) is 5.82 Å². The Bertz CT molecular complexity index is 810. The number of nitrogens with one attached hydrogen (secondary N) is 1. The second-order valence-electron chi connectivity index (χ2n) is 6.72. The molecule has 2 aromatic carbocycles. The number of imidazole rings is 1. The van der Waals surface area contributed by atoms with Gasteiger partial charge in [0, 0.05) is 25.0 Å². The molecule has 0 saturated heterocycles. The summed E-state index contributed by atoms with van der Waals surface area (Å²) in [5, 5.41) is 3.65. The summed E-state index contributed by atoms with van der Waals surface area (Å²) in [5.41, 5.74) is 2.81. The highest BCUT2D eigenvalue weighted by Gasteiger charge is 2.28. The second-order valence-corrected chi connectivity index (χ2v) is 6.72. The van der Waals surface area contributed by atoms with Gasteiger partial charge in [0.25, 0.3) is 0 Å². The van der Waals surface area contributed by atoms with Crippen LogP contribution >= 0.6 is 0 Å². The third kappa shape index (κ3) is 3.49. The van der Waals surface area contributed by atoms with Gasteiger partial charge in [-0.15, -0.1) is 0 Å². The summed E-state index contributed by atoms with van der Waals surface area (Å²) in [6.07, 6.45) is 8.85. The van der Waals surface area contributed by atoms with Crippen molar-refractivity contribution in [3.05, 3.63) is 84.2 Å². The maximum Gasteiger partial charge on any atom is 0.147 e. The highest BCUT2D eigenvalue weighted by atomic mass is 19.1. The first-order valence-corrected chi connectivity index (χ1v) is 8.86. The Labute approximate surface area is 147 Å². The molecule has 1 fully saturated rings. The fraction of sp³-hybridized carbons (Fsp3) is 0.286. The van der Waals surface area contributed by atoms with E-state index in [9.17, 15) is 4.39 Å². The van der Waals surface area contributed by atoms with Gasteiger partial charge in [-0.1, -0.05) is 42.8 Å². The molecule has 128 valence electrons. The van der Waals surface area contributed by atoms with Crippen LogP contribution in [0.2, 0.25) is 0 Å². The number of hydrogen-bond donors (Lipinski definition) is 1. The first-order valence-electron chi connectivity index (χ1n) is 8.86. The molecule has 1 aromatic heterocycles. The van der Waals surface area contributed by atoms with E-state index >= 15 is 0 Å². The molecule has 1 unspecified atom stereocenters. The fourth-order valence-electron chi connectivity index (χ4n) is 3.49. The molecule has 1 saturated carbocycles. The average molecular weight is 335 g/mol. The van der Waals surface area contributed by atoms with E-state index < -0.39 is 0 Å². The maximum atomic E-state index is 14.4. The van der Waals surface area contributed by atoms with Crippen molar-refractivity contribution in [2.45, 2.75) is 31.8 Å². The van der Waals surface area contributed by atoms with Crippen molar-refractivity contribution in [3.63, 3.8) is 0 Å². The number of halogens is 1. The van der Waals surface area contributed by atoms with E-state index in [0.29, 0.717) is 24.2 Å². The summed E-state index contributed by atoms with van der Waals surface area (Å²) in [4.78, 5) is 3.97. The number of nitrogens with zero attached hydrogens (tertiary/aromatic N) is 2. The van der Waals surface area contributed by atoms with Crippen molar-refractivity contribution in [3.8, 4) is 5.69 Å². The molecule has 0 radical (unpaired) electrons. The summed E-state index contributed by atoms with van der Waals surface area (Å²) in [7, 11) is 0. The minimum absolute atomic E-state index is 0.225. The molecule has 4 heteroatoms. The van der Waals surface area contributed by atoms with E-state index in [1.807, 2.05) is 18.2 Å². The zero-order valence-corrected chi connectivity index (χ0v) is 14.1. The van der Waals surface area contributed by atoms with E-state index in [4.69, 9.17) is 0 Å². The molecule has 4 rings (SSSR count). The molecule has 1 aliphatic carbocycles. The van der Waals surface area contributed by atoms with Gasteiger partial charge in [-0.05, 0) is 42.0 Å². The molecule has 1 N–H and O–H groups in total. The van der Waals surface area contributed by atoms with Crippen molar-refractivity contribution < 1.29 is 4.39 Å². The van der Waals surface area contributed by atoms with Crippen LogP contribution in [0, 0.1) is 11.7 Å². The molecule has 3 aromatic rings. The molecular formula is C21H22FN3. The normalized spacial score (nSPS) is 15.7. The lowest BCUT2D eigenvalue weighted by molar-refractivity contribution is 0.229. The van der Waals surface area contributed by atoms with E-state index in [2.05, 4.69) is 34.6 Å². The van der Waals surface area contributed by atoms with E-state index in [0.717, 1.165) is 5.56 Å². The van der Waals surface area contributed by atoms with Crippen LogP contribution in [0.25, 0.3) is 5.69 Å². The zero-order valence-electron chi connectivity index (χ0n) is 14.1. The number of rotatable bonds is 6. The SMILES string of the molecule is Fc1cc(CNC(c2ccccc2)C2CCC2)ccc1-n1ccnc1. The Morgan fingerprint density at radius 1 is 1.16 bits per heavy atom. The molecule has 1 aliphatic rings. The van der Waals surface area contributed by atoms with Crippen molar-refractivity contribution in [1.82, 2.24) is 14.9 Å². The van der Waals surface area contributed by atoms with Crippen molar-refractivity contribution in [1.29, 1.82) is 0 Å². The van der Waals surface area contributed by atoms with Gasteiger partial charge in [0.15, 0.2) is 0 Å². The quantitative estimate of drug-likeness (QED) is 0.711. The molecule has 1 heterocycles. The molecule has 0 aliphatic heterocycles. The Kier molecular flexibility index (Phi) is 4.61. The minimum Gasteiger partial charge on any atom is -0.306 e. The van der Waals surface area contributed by atoms with E-state index in [1.165, 1.54) is 24.8 Å². The third-order valence-corrected chi connectivity index (χ3v) is 5.10. The lowest BCUT2D eigenvalue weighted by Crippen LogP contribution is -2.31. The summed E-state index contributed by atoms with van der Waals surface area (Å²) in [6.45, 7) is 0.664. The lowest BCUT2D eigenvalue weighted by atomic mass is 9.77. The Balaban J connectivity index is 1.48. The van der Waals surface area contributed by atoms with E-state index in [1.54, 1.807) is 29.4 Å². The van der Waals surface area contributed by atoms with Crippen molar-refractivity contribution >= 4 is 0 Å². The monoisotopic (exact) mass is 335 g/mol. The Hall–Kier alpha value is -2.46. The number of benzene rings is 2. The molecule has 3 nitrogen and oxygen atoms in total. The zero-order chi connectivity index (χ0) is 17.1. The number of hydrogen-bond acceptors (Lipinski definition) is 2. The van der Waals surface area contributed by atoms with Gasteiger partial charge in [0.2, 0.25) is 0 Å². The molecule has 0 bridgehead atoms. The van der Waals surface area contributed by atoms with Crippen LogP contribution in [0.5, 0.6) is 0 Å². The van der Waals surface area contributed by atoms with Gasteiger partial charge in [-0.3, -0.25) is 0 Å². The maximum absolute atomic E-state index is 14.4. The van der Waals surface area contributed by atoms with Crippen LogP contribution < -0.4 is 5.32 Å². The smallest absolute Gasteiger partial charge is 0.147 e. The van der Waals surface area contributed by atoms with Gasteiger partial charge in [-0.25, -0.2) is 9.37 Å². The first-order chi connectivity index (χ1) is 12.3. The number of aromatic nitrogens is 2. The Morgan fingerprint density at radius 3 is 2.64 bits per heavy atom. The molecule has 0 spiro atoms. The van der Waals surface area contributed by atoms with Gasteiger partial charge in [0.05, 0.1) is 12.0 Å². The van der Waals surface area contributed by atoms with Crippen LogP contribution in [-0.2, 0) is 6.54 Å².